The Labute approximate surface area is 551 Å². The van der Waals surface area contributed by atoms with E-state index in [1.54, 1.807) is 62.3 Å². The van der Waals surface area contributed by atoms with E-state index in [1.807, 2.05) is 123 Å². The van der Waals surface area contributed by atoms with Gasteiger partial charge in [0.15, 0.2) is 0 Å². The summed E-state index contributed by atoms with van der Waals surface area (Å²) in [4.78, 5) is 146. The lowest BCUT2D eigenvalue weighted by molar-refractivity contribution is -0.144. The Hall–Kier alpha value is -9.60. The third kappa shape index (κ3) is 19.0. The van der Waals surface area contributed by atoms with Gasteiger partial charge < -0.3 is 51.2 Å². The van der Waals surface area contributed by atoms with Crippen LogP contribution in [0.1, 0.15) is 155 Å². The van der Waals surface area contributed by atoms with Crippen LogP contribution in [-0.2, 0) is 38.2 Å². The monoisotopic (exact) mass is 1290 g/mol. The van der Waals surface area contributed by atoms with Gasteiger partial charge in [0.2, 0.25) is 35.4 Å². The minimum atomic E-state index is -1.21. The normalized spacial score (nSPS) is 18.0. The molecule has 0 saturated carbocycles. The average Bonchev–Trinajstić information content (AvgIpc) is 1.59. The molecule has 2 heterocycles. The molecule has 2 aliphatic rings. The molecule has 0 aromatic heterocycles. The van der Waals surface area contributed by atoms with Gasteiger partial charge >= 0.3 is 12.2 Å². The molecule has 94 heavy (non-hydrogen) atoms. The Balaban J connectivity index is 1.09. The summed E-state index contributed by atoms with van der Waals surface area (Å²) in [6, 6.07) is 31.6. The van der Waals surface area contributed by atoms with Crippen molar-refractivity contribution in [3.63, 3.8) is 0 Å². The summed E-state index contributed by atoms with van der Waals surface area (Å²) >= 11 is 0. The molecule has 5 aromatic rings. The van der Waals surface area contributed by atoms with E-state index in [4.69, 9.17) is 9.47 Å². The number of hydrogen-bond donors (Lipinski definition) is 6. The van der Waals surface area contributed by atoms with Crippen molar-refractivity contribution in [3.05, 3.63) is 178 Å². The predicted octanol–water partition coefficient (Wildman–Crippen LogP) is 7.67. The second-order valence-corrected chi connectivity index (χ2v) is 27.5. The molecule has 7 rings (SSSR count). The number of likely N-dealkylation sites (tertiary alicyclic amines) is 2. The zero-order valence-electron chi connectivity index (χ0n) is 56.6. The maximum atomic E-state index is 15.2. The van der Waals surface area contributed by atoms with Crippen LogP contribution in [0.5, 0.6) is 0 Å². The highest BCUT2D eigenvalue weighted by molar-refractivity contribution is 5.99. The van der Waals surface area contributed by atoms with Crippen molar-refractivity contribution in [2.24, 2.45) is 5.41 Å². The standard InChI is InChI=1S/C72H92N10O12/c1-43-26-30-49(31-27-43)58(47-22-18-16-19-23-47)76-65(88)55-38-53(41-81(55)57(83)40-73-61(84)45(3)79(14)68(91)93-71(8,9)10)74-63(86)51-34-36-52(37-35-51)64(87)75-54-39-56(66(89)77-59(48-24-20-17-21-25-48)50-32-28-44(2)29-33-50)82(42-54)67(90)60(70(5,6)7)78-62(85)46(4)80(15)69(92)94-72(11,12)13/h16-37,45-46,53-56,58-60H,38-42H2,1-15H3,(H,73,84)(H,74,86)(H,75,87)(H,76,88)(H,77,89)(H,78,85)/t45-,46-,53-,54-,55-,56-,58+,59+,60+/m0/s1. The van der Waals surface area contributed by atoms with E-state index >= 15 is 4.79 Å². The summed E-state index contributed by atoms with van der Waals surface area (Å²) in [5.74, 6) is -4.63. The molecular weight excluding hydrogens is 1200 g/mol. The molecule has 0 bridgehead atoms. The van der Waals surface area contributed by atoms with E-state index < -0.39 is 137 Å². The second kappa shape index (κ2) is 30.4. The highest BCUT2D eigenvalue weighted by Gasteiger charge is 2.47. The van der Waals surface area contributed by atoms with Crippen molar-refractivity contribution in [1.82, 2.24) is 51.5 Å². The van der Waals surface area contributed by atoms with Crippen LogP contribution in [0.4, 0.5) is 9.59 Å². The molecule has 0 aliphatic carbocycles. The number of rotatable bonds is 20. The minimum Gasteiger partial charge on any atom is -0.444 e. The number of benzene rings is 5. The average molecular weight is 1290 g/mol. The first-order valence-corrected chi connectivity index (χ1v) is 31.7. The minimum absolute atomic E-state index is 0.00281. The van der Waals surface area contributed by atoms with Gasteiger partial charge in [0.1, 0.15) is 41.4 Å². The van der Waals surface area contributed by atoms with Crippen LogP contribution in [0.15, 0.2) is 133 Å². The van der Waals surface area contributed by atoms with Gasteiger partial charge in [0.05, 0.1) is 18.6 Å². The SMILES string of the molecule is Cc1ccc([C@H](NC(=O)[C@@H]2C[C@H](NC(=O)c3ccc(C(=O)N[C@H]4C[C@@H](C(=O)N[C@H](c5ccccc5)c5ccc(C)cc5)N(C(=O)[C@@H](NC(=O)[C@H](C)N(C)C(=O)OC(C)(C)C)C(C)(C)C)C4)cc3)CN2C(=O)CNC(=O)[C@H](C)N(C)C(=O)OC(C)(C)C)c2ccccc2)cc1. The van der Waals surface area contributed by atoms with Gasteiger partial charge in [-0.25, -0.2) is 9.59 Å². The van der Waals surface area contributed by atoms with Gasteiger partial charge in [-0.2, -0.15) is 0 Å². The fourth-order valence-electron chi connectivity index (χ4n) is 11.0. The molecule has 22 heteroatoms. The van der Waals surface area contributed by atoms with E-state index in [1.165, 1.54) is 62.0 Å². The number of nitrogens with one attached hydrogen (secondary N) is 6. The number of amides is 10. The maximum Gasteiger partial charge on any atom is 0.410 e. The van der Waals surface area contributed by atoms with Crippen LogP contribution >= 0.6 is 0 Å². The third-order valence-corrected chi connectivity index (χ3v) is 16.6. The summed E-state index contributed by atoms with van der Waals surface area (Å²) in [5, 5.41) is 17.8. The van der Waals surface area contributed by atoms with Crippen molar-refractivity contribution >= 4 is 59.4 Å². The molecule has 22 nitrogen and oxygen atoms in total. The van der Waals surface area contributed by atoms with E-state index in [-0.39, 0.29) is 37.1 Å². The molecule has 0 spiro atoms. The molecule has 0 radical (unpaired) electrons. The number of likely N-dealkylation sites (N-methyl/N-ethyl adjacent to an activating group) is 2. The third-order valence-electron chi connectivity index (χ3n) is 16.6. The zero-order valence-corrected chi connectivity index (χ0v) is 56.6. The number of carbonyl (C=O) groups excluding carboxylic acids is 10. The van der Waals surface area contributed by atoms with E-state index in [0.29, 0.717) is 0 Å². The van der Waals surface area contributed by atoms with Crippen LogP contribution in [0.3, 0.4) is 0 Å². The summed E-state index contributed by atoms with van der Waals surface area (Å²) in [5.41, 5.74) is 2.91. The first-order chi connectivity index (χ1) is 44.1. The lowest BCUT2D eigenvalue weighted by Gasteiger charge is -2.37. The number of ether oxygens (including phenoxy) is 2. The highest BCUT2D eigenvalue weighted by atomic mass is 16.6. The summed E-state index contributed by atoms with van der Waals surface area (Å²) in [6.45, 7) is 21.7. The van der Waals surface area contributed by atoms with Gasteiger partial charge in [-0.1, -0.05) is 141 Å². The Bertz CT molecular complexity index is 3530. The molecule has 2 fully saturated rings. The Morgan fingerprint density at radius 1 is 0.489 bits per heavy atom. The van der Waals surface area contributed by atoms with Crippen molar-refractivity contribution in [3.8, 4) is 0 Å². The van der Waals surface area contributed by atoms with Crippen molar-refractivity contribution in [2.75, 3.05) is 33.7 Å². The predicted molar refractivity (Wildman–Crippen MR) is 356 cm³/mol. The Morgan fingerprint density at radius 2 is 0.851 bits per heavy atom. The van der Waals surface area contributed by atoms with Crippen molar-refractivity contribution in [1.29, 1.82) is 0 Å². The molecule has 502 valence electrons. The second-order valence-electron chi connectivity index (χ2n) is 27.5. The molecule has 9 atom stereocenters. The first-order valence-electron chi connectivity index (χ1n) is 31.7. The van der Waals surface area contributed by atoms with Gasteiger partial charge in [-0.15, -0.1) is 0 Å². The van der Waals surface area contributed by atoms with E-state index in [0.717, 1.165) is 43.2 Å². The Morgan fingerprint density at radius 3 is 1.23 bits per heavy atom. The number of nitrogens with zero attached hydrogens (tertiary/aromatic N) is 4. The molecule has 10 amide bonds. The largest absolute Gasteiger partial charge is 0.444 e. The van der Waals surface area contributed by atoms with Crippen LogP contribution in [0.2, 0.25) is 0 Å². The molecule has 5 aromatic carbocycles. The van der Waals surface area contributed by atoms with Crippen LogP contribution in [0, 0.1) is 19.3 Å². The van der Waals surface area contributed by atoms with Gasteiger partial charge in [0.25, 0.3) is 11.8 Å². The number of hydrogen-bond acceptors (Lipinski definition) is 12. The summed E-state index contributed by atoms with van der Waals surface area (Å²) < 4.78 is 10.9. The summed E-state index contributed by atoms with van der Waals surface area (Å²) in [7, 11) is 2.83. The number of carbonyl (C=O) groups is 10. The van der Waals surface area contributed by atoms with Crippen LogP contribution < -0.4 is 31.9 Å². The van der Waals surface area contributed by atoms with E-state index in [9.17, 15) is 43.2 Å². The highest BCUT2D eigenvalue weighted by Crippen LogP contribution is 2.31. The zero-order chi connectivity index (χ0) is 69.1. The smallest absolute Gasteiger partial charge is 0.410 e. The van der Waals surface area contributed by atoms with Crippen LogP contribution in [0.25, 0.3) is 0 Å². The summed E-state index contributed by atoms with van der Waals surface area (Å²) in [6.07, 6.45) is -1.49. The maximum absolute atomic E-state index is 15.2. The van der Waals surface area contributed by atoms with Crippen molar-refractivity contribution in [2.45, 2.75) is 168 Å². The molecule has 2 saturated heterocycles. The fraction of sp³-hybridized carbons (Fsp3) is 0.444. The number of aryl methyl sites for hydroxylation is 2. The molecule has 0 unspecified atom stereocenters. The van der Waals surface area contributed by atoms with Crippen LogP contribution in [-0.4, -0.2) is 166 Å². The van der Waals surface area contributed by atoms with Crippen molar-refractivity contribution < 1.29 is 57.4 Å². The fourth-order valence-corrected chi connectivity index (χ4v) is 11.0. The van der Waals surface area contributed by atoms with E-state index in [2.05, 4.69) is 31.9 Å². The molecule has 6 N–H and O–H groups in total. The van der Waals surface area contributed by atoms with Gasteiger partial charge in [-0.3, -0.25) is 48.2 Å². The topological polar surface area (TPSA) is 274 Å². The lowest BCUT2D eigenvalue weighted by atomic mass is 9.85. The lowest BCUT2D eigenvalue weighted by Crippen LogP contribution is -2.60. The van der Waals surface area contributed by atoms with Gasteiger partial charge in [0, 0.05) is 50.4 Å². The molecular formula is C72H92N10O12. The quantitative estimate of drug-likeness (QED) is 0.0438. The first kappa shape index (κ1) is 71.8. The molecule has 2 aliphatic heterocycles. The Kier molecular flexibility index (Phi) is 23.3. The van der Waals surface area contributed by atoms with Gasteiger partial charge in [-0.05, 0) is 134 Å².